The van der Waals surface area contributed by atoms with E-state index in [4.69, 9.17) is 28.3 Å². The predicted octanol–water partition coefficient (Wildman–Crippen LogP) is 8.98. The molecule has 1 unspecified atom stereocenters. The van der Waals surface area contributed by atoms with E-state index in [1.807, 2.05) is 30.2 Å². The Balaban J connectivity index is 0.000000238. The van der Waals surface area contributed by atoms with Crippen LogP contribution in [-0.4, -0.2) is 50.0 Å². The zero-order chi connectivity index (χ0) is 35.8. The number of aromatic nitrogens is 3. The van der Waals surface area contributed by atoms with Crippen LogP contribution >= 0.6 is 34.5 Å². The summed E-state index contributed by atoms with van der Waals surface area (Å²) in [5.74, 6) is 1.01. The monoisotopic (exact) mass is 746 g/mol. The number of nitrogens with one attached hydrogen (secondary N) is 2. The van der Waals surface area contributed by atoms with Crippen molar-refractivity contribution in [3.05, 3.63) is 79.2 Å². The number of H-pyrrole nitrogens is 1. The van der Waals surface area contributed by atoms with Gasteiger partial charge in [-0.25, -0.2) is 14.4 Å². The van der Waals surface area contributed by atoms with Crippen molar-refractivity contribution in [2.75, 3.05) is 13.1 Å². The Morgan fingerprint density at radius 1 is 1.16 bits per heavy atom. The van der Waals surface area contributed by atoms with E-state index < -0.39 is 5.82 Å². The molecule has 266 valence electrons. The van der Waals surface area contributed by atoms with Gasteiger partial charge < -0.3 is 20.3 Å². The molecule has 1 atom stereocenters. The molecule has 3 N–H and O–H groups in total. The van der Waals surface area contributed by atoms with Crippen LogP contribution in [0.2, 0.25) is 10.0 Å². The number of likely N-dealkylation sites (tertiary alicyclic amines) is 1. The van der Waals surface area contributed by atoms with Crippen LogP contribution in [0, 0.1) is 42.8 Å². The highest BCUT2D eigenvalue weighted by Gasteiger charge is 2.39. The lowest BCUT2D eigenvalue weighted by Crippen LogP contribution is -2.31. The predicted molar refractivity (Wildman–Crippen MR) is 201 cm³/mol. The molecule has 6 heterocycles. The van der Waals surface area contributed by atoms with E-state index in [1.54, 1.807) is 18.2 Å². The summed E-state index contributed by atoms with van der Waals surface area (Å²) in [5.41, 5.74) is 5.16. The van der Waals surface area contributed by atoms with Crippen LogP contribution in [0.4, 0.5) is 4.39 Å². The van der Waals surface area contributed by atoms with Gasteiger partial charge in [-0.15, -0.1) is 11.3 Å². The first kappa shape index (κ1) is 35.8. The highest BCUT2D eigenvalue weighted by molar-refractivity contribution is 7.09. The normalized spacial score (nSPS) is 20.4. The maximum Gasteiger partial charge on any atom is 0.226 e. The second kappa shape index (κ2) is 15.2. The average Bonchev–Trinajstić information content (AvgIpc) is 3.67. The van der Waals surface area contributed by atoms with Crippen molar-refractivity contribution < 1.29 is 14.3 Å². The smallest absolute Gasteiger partial charge is 0.226 e. The number of hydrogen-bond donors (Lipinski definition) is 3. The fraction of sp³-hybridized carbons (Fsp3) is 0.436. The van der Waals surface area contributed by atoms with Gasteiger partial charge in [0.05, 0.1) is 34.3 Å². The average molecular weight is 748 g/mol. The quantitative estimate of drug-likeness (QED) is 0.160. The molecule has 3 saturated heterocycles. The van der Waals surface area contributed by atoms with E-state index in [-0.39, 0.29) is 41.4 Å². The van der Waals surface area contributed by atoms with Gasteiger partial charge in [0, 0.05) is 69.3 Å². The second-order valence-electron chi connectivity index (χ2n) is 14.0. The van der Waals surface area contributed by atoms with Gasteiger partial charge in [-0.3, -0.25) is 4.79 Å². The molecule has 8 nitrogen and oxygen atoms in total. The van der Waals surface area contributed by atoms with Crippen molar-refractivity contribution in [2.45, 2.75) is 83.9 Å². The molecule has 1 amide bonds. The maximum atomic E-state index is 16.3. The third-order valence-electron chi connectivity index (χ3n) is 10.4. The number of benzene rings is 2. The van der Waals surface area contributed by atoms with Gasteiger partial charge in [0.2, 0.25) is 5.91 Å². The summed E-state index contributed by atoms with van der Waals surface area (Å²) in [4.78, 5) is 27.1. The highest BCUT2D eigenvalue weighted by Crippen LogP contribution is 2.43. The topological polar surface area (TPSA) is 118 Å². The van der Waals surface area contributed by atoms with Gasteiger partial charge in [-0.1, -0.05) is 35.3 Å². The van der Waals surface area contributed by atoms with Crippen molar-refractivity contribution in [2.24, 2.45) is 11.8 Å². The molecule has 2 bridgehead atoms. The Labute approximate surface area is 311 Å². The minimum atomic E-state index is -0.484. The number of aryl methyl sites for hydroxylation is 3. The number of amides is 1. The van der Waals surface area contributed by atoms with Gasteiger partial charge in [-0.2, -0.15) is 5.26 Å². The number of nitriles is 1. The van der Waals surface area contributed by atoms with Gasteiger partial charge >= 0.3 is 0 Å². The molecule has 12 heteroatoms. The Hall–Kier alpha value is -3.59. The fourth-order valence-corrected chi connectivity index (χ4v) is 8.57. The number of rotatable bonds is 6. The third kappa shape index (κ3) is 7.37. The minimum Gasteiger partial charge on any atom is -0.389 e. The van der Waals surface area contributed by atoms with Gasteiger partial charge in [0.1, 0.15) is 10.5 Å². The number of pyridine rings is 1. The van der Waals surface area contributed by atoms with Crippen LogP contribution in [0.3, 0.4) is 0 Å². The number of carbonyl (C=O) groups excluding carboxylic acids is 1. The summed E-state index contributed by atoms with van der Waals surface area (Å²) in [6, 6.07) is 12.2. The van der Waals surface area contributed by atoms with Gasteiger partial charge in [0.15, 0.2) is 5.82 Å². The number of carbonyl (C=O) groups is 1. The Morgan fingerprint density at radius 3 is 2.57 bits per heavy atom. The van der Waals surface area contributed by atoms with E-state index in [0.29, 0.717) is 39.2 Å². The fourth-order valence-electron chi connectivity index (χ4n) is 7.54. The van der Waals surface area contributed by atoms with Gasteiger partial charge in [-0.05, 0) is 95.0 Å². The summed E-state index contributed by atoms with van der Waals surface area (Å²) in [5, 5.41) is 26.0. The third-order valence-corrected chi connectivity index (χ3v) is 12.2. The molecule has 0 spiro atoms. The molecule has 5 fully saturated rings. The molecule has 2 aromatic carbocycles. The van der Waals surface area contributed by atoms with Crippen molar-refractivity contribution in [1.29, 1.82) is 5.26 Å². The number of aliphatic hydroxyl groups excluding tert-OH is 1. The van der Waals surface area contributed by atoms with E-state index >= 15 is 4.39 Å². The second-order valence-corrected chi connectivity index (χ2v) is 15.8. The molecule has 3 aliphatic heterocycles. The van der Waals surface area contributed by atoms with Crippen molar-refractivity contribution in [1.82, 2.24) is 25.2 Å². The first-order valence-corrected chi connectivity index (χ1v) is 19.3. The maximum absolute atomic E-state index is 16.3. The molecule has 3 aromatic heterocycles. The number of halogens is 3. The highest BCUT2D eigenvalue weighted by atomic mass is 35.5. The number of fused-ring (bicyclic) bond motifs is 4. The van der Waals surface area contributed by atoms with E-state index in [9.17, 15) is 10.1 Å². The Morgan fingerprint density at radius 2 is 1.96 bits per heavy atom. The number of hydrogen-bond acceptors (Lipinski definition) is 7. The SMILES string of the molecule is C1NC2CC1C2.Cc1csc(CO)n1.Cc1nc2c(F)c(-c3cccc(Cl)c3Cl)c(CCC#N)cc2c2[nH]c(C3CCCN3C(=O)C3CC3)cc12. The molecule has 51 heavy (non-hydrogen) atoms. The molecule has 10 rings (SSSR count). The Bertz CT molecular complexity index is 2120. The minimum absolute atomic E-state index is 0.0117. The largest absolute Gasteiger partial charge is 0.389 e. The lowest BCUT2D eigenvalue weighted by Gasteiger charge is -2.24. The lowest BCUT2D eigenvalue weighted by molar-refractivity contribution is -0.133. The van der Waals surface area contributed by atoms with Crippen LogP contribution in [0.1, 0.15) is 78.6 Å². The van der Waals surface area contributed by atoms with Crippen LogP contribution in [-0.2, 0) is 17.8 Å². The number of nitrogens with zero attached hydrogens (tertiary/aromatic N) is 4. The van der Waals surface area contributed by atoms with E-state index in [2.05, 4.69) is 32.4 Å². The Kier molecular flexibility index (Phi) is 10.7. The first-order chi connectivity index (χ1) is 24.7. The molecular weight excluding hydrogens is 706 g/mol. The molecule has 2 aliphatic carbocycles. The summed E-state index contributed by atoms with van der Waals surface area (Å²) >= 11 is 14.3. The summed E-state index contributed by atoms with van der Waals surface area (Å²) in [6.07, 6.45) is 7.35. The zero-order valence-electron chi connectivity index (χ0n) is 28.7. The zero-order valence-corrected chi connectivity index (χ0v) is 31.1. The van der Waals surface area contributed by atoms with Crippen molar-refractivity contribution >= 4 is 62.3 Å². The van der Waals surface area contributed by atoms with Crippen LogP contribution in [0.25, 0.3) is 32.9 Å². The van der Waals surface area contributed by atoms with E-state index in [1.165, 1.54) is 30.7 Å². The number of aromatic amines is 1. The number of thiazole rings is 1. The lowest BCUT2D eigenvalue weighted by atomic mass is 9.87. The van der Waals surface area contributed by atoms with Crippen LogP contribution in [0.15, 0.2) is 35.7 Å². The number of aliphatic hydroxyl groups is 1. The summed E-state index contributed by atoms with van der Waals surface area (Å²) < 4.78 is 16.3. The molecule has 2 saturated carbocycles. The van der Waals surface area contributed by atoms with Crippen LogP contribution < -0.4 is 5.32 Å². The molecule has 5 aromatic rings. The van der Waals surface area contributed by atoms with Crippen molar-refractivity contribution in [3.63, 3.8) is 0 Å². The summed E-state index contributed by atoms with van der Waals surface area (Å²) in [6.45, 7) is 5.93. The standard InChI is InChI=1S/C29H25Cl2FN4O.C5H7NOS.C5H9N/c1-15-19-14-22(23-8-4-12-36(23)29(37)16-9-10-16)35-27(19)20-13-17(5-3-11-33)24(26(32)28(20)34-15)18-6-2-7-21(30)25(18)31;1-4-3-8-5(2-7)6-4;1-4-2-5(1)6-3-4/h2,6-7,13-14,16,23,35H,3-5,8-10,12H2,1H3;3,7H,2H2,1H3;4-6H,1-3H2. The van der Waals surface area contributed by atoms with Crippen LogP contribution in [0.5, 0.6) is 0 Å². The van der Waals surface area contributed by atoms with Crippen molar-refractivity contribution in [3.8, 4) is 17.2 Å². The summed E-state index contributed by atoms with van der Waals surface area (Å²) in [7, 11) is 0. The molecule has 5 aliphatic rings. The molecular formula is C39H41Cl2FN6O2S. The van der Waals surface area contributed by atoms with Gasteiger partial charge in [0.25, 0.3) is 0 Å². The van der Waals surface area contributed by atoms with E-state index in [0.717, 1.165) is 71.5 Å². The first-order valence-electron chi connectivity index (χ1n) is 17.7. The molecule has 0 radical (unpaired) electrons.